The Bertz CT molecular complexity index is 1520. The van der Waals surface area contributed by atoms with Crippen LogP contribution in [0.4, 0.5) is 0 Å². The Hall–Kier alpha value is -2.86. The second-order valence-corrected chi connectivity index (χ2v) is 10.9. The number of benzene rings is 4. The molecule has 0 aliphatic heterocycles. The molecule has 0 aliphatic carbocycles. The van der Waals surface area contributed by atoms with Crippen LogP contribution in [0.5, 0.6) is 0 Å². The Labute approximate surface area is 189 Å². The molecule has 0 aliphatic rings. The van der Waals surface area contributed by atoms with Gasteiger partial charge in [-0.1, -0.05) is 78.5 Å². The molecular formula is C26H18O2S3. The molecule has 0 radical (unpaired) electrons. The molecule has 0 unspecified atom stereocenters. The minimum Gasteiger partial charge on any atom is -0.218 e. The first-order valence-electron chi connectivity index (χ1n) is 9.75. The van der Waals surface area contributed by atoms with E-state index in [9.17, 15) is 8.42 Å². The molecule has 152 valence electrons. The monoisotopic (exact) mass is 458 g/mol. The maximum atomic E-state index is 13.6. The molecule has 5 heteroatoms. The van der Waals surface area contributed by atoms with Gasteiger partial charge in [0.15, 0.2) is 0 Å². The normalized spacial score (nSPS) is 12.5. The zero-order valence-electron chi connectivity index (χ0n) is 16.4. The minimum absolute atomic E-state index is 0.310. The highest BCUT2D eigenvalue weighted by atomic mass is 32.2. The number of thiophene rings is 1. The van der Waals surface area contributed by atoms with Crippen molar-refractivity contribution in [3.8, 4) is 0 Å². The maximum Gasteiger partial charge on any atom is 0.208 e. The fourth-order valence-corrected chi connectivity index (χ4v) is 7.16. The van der Waals surface area contributed by atoms with Crippen molar-refractivity contribution >= 4 is 59.4 Å². The fraction of sp³-hybridized carbons (Fsp3) is 0. The fourth-order valence-electron chi connectivity index (χ4n) is 3.50. The smallest absolute Gasteiger partial charge is 0.208 e. The summed E-state index contributed by atoms with van der Waals surface area (Å²) in [6.07, 6.45) is 0. The first-order valence-corrected chi connectivity index (χ1v) is 13.0. The molecule has 0 fully saturated rings. The van der Waals surface area contributed by atoms with Crippen LogP contribution in [0.1, 0.15) is 4.88 Å². The number of sulfone groups is 1. The van der Waals surface area contributed by atoms with Gasteiger partial charge >= 0.3 is 0 Å². The summed E-state index contributed by atoms with van der Waals surface area (Å²) in [6.45, 7) is 0. The van der Waals surface area contributed by atoms with Crippen molar-refractivity contribution in [3.63, 3.8) is 0 Å². The van der Waals surface area contributed by atoms with Crippen LogP contribution in [-0.2, 0) is 9.84 Å². The largest absolute Gasteiger partial charge is 0.218 e. The van der Waals surface area contributed by atoms with Gasteiger partial charge in [-0.25, -0.2) is 8.42 Å². The van der Waals surface area contributed by atoms with Crippen molar-refractivity contribution in [2.45, 2.75) is 9.79 Å². The molecule has 5 aromatic rings. The minimum atomic E-state index is -3.68. The van der Waals surface area contributed by atoms with E-state index >= 15 is 0 Å². The van der Waals surface area contributed by atoms with Crippen molar-refractivity contribution in [1.29, 1.82) is 0 Å². The van der Waals surface area contributed by atoms with E-state index in [-0.39, 0.29) is 0 Å². The van der Waals surface area contributed by atoms with Crippen LogP contribution in [-0.4, -0.2) is 8.42 Å². The maximum absolute atomic E-state index is 13.6. The summed E-state index contributed by atoms with van der Waals surface area (Å²) in [4.78, 5) is 2.38. The summed E-state index contributed by atoms with van der Waals surface area (Å²) in [5.74, 6) is 0. The molecule has 0 amide bonds. The summed E-state index contributed by atoms with van der Waals surface area (Å²) in [5, 5.41) is 7.90. The summed E-state index contributed by atoms with van der Waals surface area (Å²) >= 11 is 2.87. The van der Waals surface area contributed by atoms with E-state index in [1.807, 2.05) is 66.0 Å². The SMILES string of the molecule is O=S(=O)(/C(=C/Sc1ccc2ccccc2c1)c1cccs1)c1ccc2ccccc2c1. The van der Waals surface area contributed by atoms with Crippen molar-refractivity contribution < 1.29 is 8.42 Å². The van der Waals surface area contributed by atoms with Crippen LogP contribution in [0.25, 0.3) is 26.5 Å². The molecule has 0 saturated heterocycles. The van der Waals surface area contributed by atoms with Gasteiger partial charge in [-0.3, -0.25) is 0 Å². The molecule has 4 aromatic carbocycles. The average Bonchev–Trinajstić information content (AvgIpc) is 3.33. The molecule has 0 bridgehead atoms. The molecule has 0 N–H and O–H groups in total. The van der Waals surface area contributed by atoms with Crippen LogP contribution in [0.2, 0.25) is 0 Å². The predicted molar refractivity (Wildman–Crippen MR) is 133 cm³/mol. The van der Waals surface area contributed by atoms with E-state index in [1.165, 1.54) is 23.1 Å². The van der Waals surface area contributed by atoms with E-state index in [4.69, 9.17) is 0 Å². The van der Waals surface area contributed by atoms with Gasteiger partial charge in [0, 0.05) is 9.77 Å². The molecule has 0 saturated carbocycles. The third kappa shape index (κ3) is 4.04. The quantitative estimate of drug-likeness (QED) is 0.254. The first kappa shape index (κ1) is 20.1. The second-order valence-electron chi connectivity index (χ2n) is 7.10. The Balaban J connectivity index is 1.57. The average molecular weight is 459 g/mol. The van der Waals surface area contributed by atoms with Crippen molar-refractivity contribution in [1.82, 2.24) is 0 Å². The van der Waals surface area contributed by atoms with E-state index in [0.717, 1.165) is 31.3 Å². The Morgan fingerprint density at radius 2 is 1.35 bits per heavy atom. The molecule has 2 nitrogen and oxygen atoms in total. The zero-order chi connectivity index (χ0) is 21.3. The lowest BCUT2D eigenvalue weighted by Crippen LogP contribution is -2.03. The lowest BCUT2D eigenvalue weighted by molar-refractivity contribution is 0.606. The van der Waals surface area contributed by atoms with Gasteiger partial charge in [0.05, 0.1) is 9.80 Å². The number of hydrogen-bond donors (Lipinski definition) is 0. The topological polar surface area (TPSA) is 34.1 Å². The van der Waals surface area contributed by atoms with E-state index in [0.29, 0.717) is 9.80 Å². The van der Waals surface area contributed by atoms with Crippen molar-refractivity contribution in [2.75, 3.05) is 0 Å². The number of fused-ring (bicyclic) bond motifs is 2. The van der Waals surface area contributed by atoms with Crippen LogP contribution in [0, 0.1) is 0 Å². The standard InChI is InChI=1S/C26H18O2S3/c27-31(28,24-14-12-20-7-2-4-9-22(20)17-24)26(25-10-5-15-29-25)18-30-23-13-11-19-6-1-3-8-21(19)16-23/h1-18H/b26-18+. The molecule has 1 heterocycles. The lowest BCUT2D eigenvalue weighted by Gasteiger charge is -2.10. The van der Waals surface area contributed by atoms with Gasteiger partial charge in [-0.15, -0.1) is 11.3 Å². The molecule has 31 heavy (non-hydrogen) atoms. The van der Waals surface area contributed by atoms with Gasteiger partial charge < -0.3 is 0 Å². The van der Waals surface area contributed by atoms with Crippen LogP contribution < -0.4 is 0 Å². The van der Waals surface area contributed by atoms with Gasteiger partial charge in [-0.2, -0.15) is 0 Å². The zero-order valence-corrected chi connectivity index (χ0v) is 18.9. The highest BCUT2D eigenvalue weighted by molar-refractivity contribution is 8.06. The Morgan fingerprint density at radius 1 is 0.710 bits per heavy atom. The lowest BCUT2D eigenvalue weighted by atomic mass is 10.1. The van der Waals surface area contributed by atoms with Gasteiger partial charge in [-0.05, 0) is 62.7 Å². The third-order valence-electron chi connectivity index (χ3n) is 5.11. The van der Waals surface area contributed by atoms with Gasteiger partial charge in [0.1, 0.15) is 0 Å². The highest BCUT2D eigenvalue weighted by Gasteiger charge is 2.23. The van der Waals surface area contributed by atoms with Crippen LogP contribution >= 0.6 is 23.1 Å². The second kappa shape index (κ2) is 8.35. The first-order chi connectivity index (χ1) is 15.1. The van der Waals surface area contributed by atoms with E-state index in [1.54, 1.807) is 17.5 Å². The molecule has 1 aromatic heterocycles. The Kier molecular flexibility index (Phi) is 5.40. The molecule has 0 atom stereocenters. The highest BCUT2D eigenvalue weighted by Crippen LogP contribution is 2.36. The van der Waals surface area contributed by atoms with E-state index in [2.05, 4.69) is 24.3 Å². The van der Waals surface area contributed by atoms with Crippen LogP contribution in [0.15, 0.2) is 118 Å². The summed E-state index contributed by atoms with van der Waals surface area (Å²) in [5.41, 5.74) is 0. The van der Waals surface area contributed by atoms with Crippen molar-refractivity contribution in [3.05, 3.63) is 113 Å². The van der Waals surface area contributed by atoms with Gasteiger partial charge in [0.25, 0.3) is 0 Å². The number of rotatable bonds is 5. The summed E-state index contributed by atoms with van der Waals surface area (Å²) in [6, 6.07) is 31.2. The predicted octanol–water partition coefficient (Wildman–Crippen LogP) is 7.62. The molecule has 5 rings (SSSR count). The number of hydrogen-bond acceptors (Lipinski definition) is 4. The molecular weight excluding hydrogens is 440 g/mol. The summed E-state index contributed by atoms with van der Waals surface area (Å²) in [7, 11) is -3.68. The van der Waals surface area contributed by atoms with Crippen molar-refractivity contribution in [2.24, 2.45) is 0 Å². The molecule has 0 spiro atoms. The Morgan fingerprint density at radius 3 is 2.03 bits per heavy atom. The van der Waals surface area contributed by atoms with E-state index < -0.39 is 9.84 Å². The number of thioether (sulfide) groups is 1. The third-order valence-corrected chi connectivity index (χ3v) is 8.96. The summed E-state index contributed by atoms with van der Waals surface area (Å²) < 4.78 is 27.3. The van der Waals surface area contributed by atoms with Crippen LogP contribution in [0.3, 0.4) is 0 Å². The van der Waals surface area contributed by atoms with Gasteiger partial charge in [0.2, 0.25) is 9.84 Å².